The molecule has 0 saturated heterocycles. The van der Waals surface area contributed by atoms with E-state index in [9.17, 15) is 9.90 Å². The minimum absolute atomic E-state index is 0.119. The molecule has 116 valence electrons. The number of aliphatic hydroxyl groups is 1. The Bertz CT molecular complexity index is 577. The lowest BCUT2D eigenvalue weighted by molar-refractivity contribution is -0.132. The zero-order valence-electron chi connectivity index (χ0n) is 13.5. The number of hydrogen-bond donors (Lipinski definition) is 1. The molecular formula is C17H24O4. The molecule has 0 saturated carbocycles. The molecule has 0 aliphatic carbocycles. The van der Waals surface area contributed by atoms with Crippen molar-refractivity contribution in [3.8, 4) is 11.5 Å². The fraction of sp³-hybridized carbons (Fsp3) is 0.588. The maximum Gasteiger partial charge on any atom is 0.308 e. The minimum atomic E-state index is -0.325. The zero-order chi connectivity index (χ0) is 15.8. The van der Waals surface area contributed by atoms with Crippen LogP contribution in [0.3, 0.4) is 0 Å². The van der Waals surface area contributed by atoms with Gasteiger partial charge in [0.1, 0.15) is 17.1 Å². The quantitative estimate of drug-likeness (QED) is 0.687. The van der Waals surface area contributed by atoms with Crippen molar-refractivity contribution in [2.75, 3.05) is 6.61 Å². The number of carbonyl (C=O) groups excluding carboxylic acids is 1. The Hall–Kier alpha value is -1.55. The average molecular weight is 292 g/mol. The van der Waals surface area contributed by atoms with Gasteiger partial charge in [-0.3, -0.25) is 4.79 Å². The van der Waals surface area contributed by atoms with Crippen LogP contribution in [0.15, 0.2) is 0 Å². The molecule has 1 aromatic carbocycles. The summed E-state index contributed by atoms with van der Waals surface area (Å²) in [4.78, 5) is 11.3. The summed E-state index contributed by atoms with van der Waals surface area (Å²) in [6.45, 7) is 9.49. The molecule has 0 radical (unpaired) electrons. The van der Waals surface area contributed by atoms with Crippen molar-refractivity contribution in [1.82, 2.24) is 0 Å². The second kappa shape index (κ2) is 5.68. The zero-order valence-corrected chi connectivity index (χ0v) is 13.5. The molecule has 1 atom stereocenters. The normalized spacial score (nSPS) is 20.7. The molecule has 4 nitrogen and oxygen atoms in total. The van der Waals surface area contributed by atoms with Gasteiger partial charge < -0.3 is 14.6 Å². The predicted molar refractivity (Wildman–Crippen MR) is 81.0 cm³/mol. The van der Waals surface area contributed by atoms with Gasteiger partial charge in [0, 0.05) is 25.5 Å². The van der Waals surface area contributed by atoms with Gasteiger partial charge in [0.05, 0.1) is 0 Å². The highest BCUT2D eigenvalue weighted by molar-refractivity contribution is 5.72. The first-order valence-corrected chi connectivity index (χ1v) is 7.40. The van der Waals surface area contributed by atoms with Gasteiger partial charge >= 0.3 is 5.97 Å². The van der Waals surface area contributed by atoms with E-state index in [1.165, 1.54) is 6.92 Å². The van der Waals surface area contributed by atoms with E-state index >= 15 is 0 Å². The van der Waals surface area contributed by atoms with E-state index in [1.807, 2.05) is 27.7 Å². The third-order valence-corrected chi connectivity index (χ3v) is 4.45. The van der Waals surface area contributed by atoms with Crippen LogP contribution in [0.4, 0.5) is 0 Å². The van der Waals surface area contributed by atoms with Gasteiger partial charge in [-0.05, 0) is 57.2 Å². The second-order valence-corrected chi connectivity index (χ2v) is 6.13. The van der Waals surface area contributed by atoms with Crippen LogP contribution >= 0.6 is 0 Å². The first-order chi connectivity index (χ1) is 9.79. The smallest absolute Gasteiger partial charge is 0.308 e. The highest BCUT2D eigenvalue weighted by Gasteiger charge is 2.34. The van der Waals surface area contributed by atoms with Gasteiger partial charge in [0.2, 0.25) is 0 Å². The van der Waals surface area contributed by atoms with Crippen LogP contribution in [-0.4, -0.2) is 23.3 Å². The molecule has 2 rings (SSSR count). The Morgan fingerprint density at radius 1 is 1.29 bits per heavy atom. The Kier molecular flexibility index (Phi) is 4.28. The molecule has 1 heterocycles. The minimum Gasteiger partial charge on any atom is -0.487 e. The number of esters is 1. The maximum atomic E-state index is 11.3. The summed E-state index contributed by atoms with van der Waals surface area (Å²) in [5, 5.41) is 9.22. The van der Waals surface area contributed by atoms with E-state index < -0.39 is 0 Å². The molecule has 1 unspecified atom stereocenters. The van der Waals surface area contributed by atoms with Crippen LogP contribution in [0.25, 0.3) is 0 Å². The topological polar surface area (TPSA) is 55.8 Å². The van der Waals surface area contributed by atoms with Gasteiger partial charge in [-0.15, -0.1) is 0 Å². The molecule has 1 aliphatic rings. The molecule has 0 spiro atoms. The lowest BCUT2D eigenvalue weighted by Crippen LogP contribution is -2.38. The van der Waals surface area contributed by atoms with Crippen molar-refractivity contribution in [2.24, 2.45) is 0 Å². The summed E-state index contributed by atoms with van der Waals surface area (Å²) >= 11 is 0. The van der Waals surface area contributed by atoms with Crippen molar-refractivity contribution in [2.45, 2.75) is 59.5 Å². The third-order valence-electron chi connectivity index (χ3n) is 4.45. The number of carbonyl (C=O) groups is 1. The van der Waals surface area contributed by atoms with Gasteiger partial charge in [-0.25, -0.2) is 0 Å². The lowest BCUT2D eigenvalue weighted by Gasteiger charge is -2.37. The number of hydrogen-bond acceptors (Lipinski definition) is 4. The molecule has 1 aliphatic heterocycles. The number of fused-ring (bicyclic) bond motifs is 1. The van der Waals surface area contributed by atoms with E-state index in [1.54, 1.807) is 0 Å². The van der Waals surface area contributed by atoms with Gasteiger partial charge in [0.25, 0.3) is 0 Å². The predicted octanol–water partition coefficient (Wildman–Crippen LogP) is 3.00. The maximum absolute atomic E-state index is 11.3. The number of ether oxygens (including phenoxy) is 2. The first-order valence-electron chi connectivity index (χ1n) is 7.40. The Balaban J connectivity index is 2.51. The molecule has 1 aromatic rings. The van der Waals surface area contributed by atoms with Crippen molar-refractivity contribution in [3.05, 3.63) is 22.3 Å². The molecule has 1 N–H and O–H groups in total. The van der Waals surface area contributed by atoms with Crippen molar-refractivity contribution in [1.29, 1.82) is 0 Å². The highest BCUT2D eigenvalue weighted by Crippen LogP contribution is 2.44. The van der Waals surface area contributed by atoms with E-state index in [2.05, 4.69) is 0 Å². The second-order valence-electron chi connectivity index (χ2n) is 6.13. The van der Waals surface area contributed by atoms with E-state index in [4.69, 9.17) is 9.47 Å². The summed E-state index contributed by atoms with van der Waals surface area (Å²) in [5.74, 6) is 1.25. The largest absolute Gasteiger partial charge is 0.487 e. The van der Waals surface area contributed by atoms with Gasteiger partial charge in [-0.2, -0.15) is 0 Å². The third kappa shape index (κ3) is 2.91. The summed E-state index contributed by atoms with van der Waals surface area (Å²) in [5.41, 5.74) is 3.72. The summed E-state index contributed by atoms with van der Waals surface area (Å²) in [6.07, 6.45) is 2.34. The molecule has 0 fully saturated rings. The fourth-order valence-electron chi connectivity index (χ4n) is 2.99. The number of aliphatic hydroxyl groups excluding tert-OH is 1. The standard InChI is InChI=1S/C17H24O4/c1-10-11(2)16-14(12(3)15(10)20-13(4)19)6-7-17(5,21-16)8-9-18/h18H,6-9H2,1-5H3. The molecule has 0 bridgehead atoms. The van der Waals surface area contributed by atoms with Crippen LogP contribution in [0.5, 0.6) is 11.5 Å². The van der Waals surface area contributed by atoms with Crippen molar-refractivity contribution in [3.63, 3.8) is 0 Å². The molecule has 21 heavy (non-hydrogen) atoms. The molecule has 0 amide bonds. The molecular weight excluding hydrogens is 268 g/mol. The fourth-order valence-corrected chi connectivity index (χ4v) is 2.99. The van der Waals surface area contributed by atoms with Crippen LogP contribution in [0, 0.1) is 20.8 Å². The Morgan fingerprint density at radius 2 is 1.95 bits per heavy atom. The summed E-state index contributed by atoms with van der Waals surface area (Å²) in [7, 11) is 0. The van der Waals surface area contributed by atoms with E-state index in [0.717, 1.165) is 40.8 Å². The van der Waals surface area contributed by atoms with Gasteiger partial charge in [-0.1, -0.05) is 0 Å². The highest BCUT2D eigenvalue weighted by atomic mass is 16.5. The Morgan fingerprint density at radius 3 is 2.52 bits per heavy atom. The molecule has 4 heteroatoms. The SMILES string of the molecule is CC(=O)Oc1c(C)c(C)c2c(c1C)CCC(C)(CCO)O2. The van der Waals surface area contributed by atoms with Crippen LogP contribution < -0.4 is 9.47 Å². The lowest BCUT2D eigenvalue weighted by atomic mass is 9.86. The van der Waals surface area contributed by atoms with Crippen LogP contribution in [0.1, 0.15) is 48.9 Å². The first kappa shape index (κ1) is 15.8. The van der Waals surface area contributed by atoms with Crippen LogP contribution in [0.2, 0.25) is 0 Å². The summed E-state index contributed by atoms with van der Waals surface area (Å²) < 4.78 is 11.6. The van der Waals surface area contributed by atoms with Crippen molar-refractivity contribution >= 4 is 5.97 Å². The summed E-state index contributed by atoms with van der Waals surface area (Å²) in [6, 6.07) is 0. The monoisotopic (exact) mass is 292 g/mol. The molecule has 0 aromatic heterocycles. The van der Waals surface area contributed by atoms with Gasteiger partial charge in [0.15, 0.2) is 0 Å². The number of rotatable bonds is 3. The number of benzene rings is 1. The van der Waals surface area contributed by atoms with E-state index in [-0.39, 0.29) is 18.2 Å². The Labute approximate surface area is 126 Å². The van der Waals surface area contributed by atoms with E-state index in [0.29, 0.717) is 12.2 Å². The average Bonchev–Trinajstić information content (AvgIpc) is 2.41. The van der Waals surface area contributed by atoms with Crippen LogP contribution in [-0.2, 0) is 11.2 Å². The van der Waals surface area contributed by atoms with Crippen molar-refractivity contribution < 1.29 is 19.4 Å².